The first-order chi connectivity index (χ1) is 18.1. The number of nitrogens with zero attached hydrogens (tertiary/aromatic N) is 1. The van der Waals surface area contributed by atoms with E-state index in [2.05, 4.69) is 5.32 Å². The van der Waals surface area contributed by atoms with E-state index in [1.807, 2.05) is 32.0 Å². The maximum atomic E-state index is 15.1. The number of aliphatic carboxylic acids is 1. The number of rotatable bonds is 5. The van der Waals surface area contributed by atoms with Gasteiger partial charge in [-0.05, 0) is 77.8 Å². The lowest BCUT2D eigenvalue weighted by Crippen LogP contribution is -2.50. The largest absolute Gasteiger partial charge is 0.493 e. The van der Waals surface area contributed by atoms with E-state index in [9.17, 15) is 14.4 Å². The quantitative estimate of drug-likeness (QED) is 0.603. The maximum Gasteiger partial charge on any atom is 0.303 e. The maximum absolute atomic E-state index is 15.1. The predicted octanol–water partition coefficient (Wildman–Crippen LogP) is 4.55. The minimum absolute atomic E-state index is 0.0129. The fourth-order valence-electron chi connectivity index (χ4n) is 6.95. The molecule has 6 rings (SSSR count). The molecule has 7 nitrogen and oxygen atoms in total. The van der Waals surface area contributed by atoms with Crippen molar-refractivity contribution >= 4 is 23.5 Å². The molecule has 1 saturated carbocycles. The number of nitrogens with one attached hydrogen (secondary N) is 1. The number of carbonyl (C=O) groups is 3. The highest BCUT2D eigenvalue weighted by Crippen LogP contribution is 2.44. The molecule has 2 heterocycles. The monoisotopic (exact) mass is 520 g/mol. The third-order valence-electron chi connectivity index (χ3n) is 8.92. The highest BCUT2D eigenvalue weighted by atomic mass is 19.1. The van der Waals surface area contributed by atoms with Crippen LogP contribution < -0.4 is 10.1 Å². The summed E-state index contributed by atoms with van der Waals surface area (Å²) in [5.41, 5.74) is 4.59. The second-order valence-electron chi connectivity index (χ2n) is 11.9. The van der Waals surface area contributed by atoms with Crippen molar-refractivity contribution in [3.63, 3.8) is 0 Å². The van der Waals surface area contributed by atoms with Gasteiger partial charge in [-0.1, -0.05) is 26.0 Å². The molecule has 0 aromatic heterocycles. The van der Waals surface area contributed by atoms with Gasteiger partial charge >= 0.3 is 5.97 Å². The van der Waals surface area contributed by atoms with E-state index >= 15 is 4.39 Å². The molecule has 1 unspecified atom stereocenters. The predicted molar refractivity (Wildman–Crippen MR) is 139 cm³/mol. The zero-order valence-electron chi connectivity index (χ0n) is 21.8. The normalized spacial score (nSPS) is 24.5. The number of fused-ring (bicyclic) bond motifs is 4. The molecule has 38 heavy (non-hydrogen) atoms. The van der Waals surface area contributed by atoms with E-state index in [0.717, 1.165) is 47.3 Å². The van der Waals surface area contributed by atoms with Crippen LogP contribution in [0.2, 0.25) is 0 Å². The summed E-state index contributed by atoms with van der Waals surface area (Å²) in [4.78, 5) is 40.2. The van der Waals surface area contributed by atoms with Crippen molar-refractivity contribution < 1.29 is 28.6 Å². The Hall–Kier alpha value is -3.42. The Balaban J connectivity index is 1.30. The molecule has 8 heteroatoms. The van der Waals surface area contributed by atoms with Crippen molar-refractivity contribution in [2.75, 3.05) is 18.5 Å². The Morgan fingerprint density at radius 2 is 1.92 bits per heavy atom. The number of anilines is 1. The highest BCUT2D eigenvalue weighted by Gasteiger charge is 2.44. The average molecular weight is 521 g/mol. The van der Waals surface area contributed by atoms with Crippen LogP contribution in [0.1, 0.15) is 73.4 Å². The van der Waals surface area contributed by atoms with Gasteiger partial charge in [0.25, 0.3) is 5.91 Å². The van der Waals surface area contributed by atoms with Crippen molar-refractivity contribution in [1.82, 2.24) is 4.90 Å². The number of carboxylic acids is 1. The van der Waals surface area contributed by atoms with Crippen LogP contribution in [-0.4, -0.2) is 40.9 Å². The fourth-order valence-corrected chi connectivity index (χ4v) is 6.95. The van der Waals surface area contributed by atoms with Gasteiger partial charge in [0.15, 0.2) is 0 Å². The van der Waals surface area contributed by atoms with Crippen LogP contribution in [0.3, 0.4) is 0 Å². The first kappa shape index (κ1) is 24.9. The summed E-state index contributed by atoms with van der Waals surface area (Å²) < 4.78 is 21.1. The summed E-state index contributed by atoms with van der Waals surface area (Å²) >= 11 is 0. The molecule has 2 N–H and O–H groups in total. The molecule has 4 aliphatic rings. The lowest BCUT2D eigenvalue weighted by atomic mass is 9.72. The van der Waals surface area contributed by atoms with Crippen LogP contribution in [0.25, 0.3) is 0 Å². The number of benzene rings is 2. The van der Waals surface area contributed by atoms with Crippen molar-refractivity contribution in [2.45, 2.75) is 70.3 Å². The highest BCUT2D eigenvalue weighted by molar-refractivity contribution is 5.99. The lowest BCUT2D eigenvalue weighted by Gasteiger charge is -2.42. The molecular weight excluding hydrogens is 487 g/mol. The van der Waals surface area contributed by atoms with Gasteiger partial charge < -0.3 is 20.1 Å². The van der Waals surface area contributed by atoms with E-state index in [1.165, 1.54) is 6.07 Å². The standard InChI is InChI=1S/C30H33FN2O5/c1-30(2)8-5-18-14-20(15-23(31)25(18)30)32-28(36)26-21-4-3-17-7-10-38-27(17)22(21)6-9-33(26)29(37)19-11-16(12-19)13-24(34)35/h3-4,14-16,19,26H,5-13H2,1-2H3,(H,32,36)(H,34,35). The van der Waals surface area contributed by atoms with Gasteiger partial charge in [-0.2, -0.15) is 0 Å². The molecule has 1 fully saturated rings. The lowest BCUT2D eigenvalue weighted by molar-refractivity contribution is -0.149. The van der Waals surface area contributed by atoms with E-state index in [1.54, 1.807) is 4.90 Å². The summed E-state index contributed by atoms with van der Waals surface area (Å²) in [7, 11) is 0. The molecule has 2 aliphatic heterocycles. The number of carboxylic acid groups (broad SMARTS) is 1. The summed E-state index contributed by atoms with van der Waals surface area (Å²) in [5, 5.41) is 12.0. The summed E-state index contributed by atoms with van der Waals surface area (Å²) in [6.45, 7) is 5.04. The Bertz CT molecular complexity index is 1350. The number of hydrogen-bond donors (Lipinski definition) is 2. The van der Waals surface area contributed by atoms with Crippen LogP contribution >= 0.6 is 0 Å². The minimum Gasteiger partial charge on any atom is -0.493 e. The third-order valence-corrected chi connectivity index (χ3v) is 8.92. The van der Waals surface area contributed by atoms with Gasteiger partial charge in [-0.15, -0.1) is 0 Å². The Labute approximate surface area is 221 Å². The van der Waals surface area contributed by atoms with Gasteiger partial charge in [0.1, 0.15) is 17.6 Å². The van der Waals surface area contributed by atoms with Crippen molar-refractivity contribution in [3.05, 3.63) is 57.9 Å². The molecule has 1 atom stereocenters. The molecule has 2 aliphatic carbocycles. The molecule has 2 amide bonds. The Kier molecular flexibility index (Phi) is 5.96. The number of carbonyl (C=O) groups excluding carboxylic acids is 2. The fraction of sp³-hybridized carbons (Fsp3) is 0.500. The zero-order valence-corrected chi connectivity index (χ0v) is 21.8. The molecule has 0 radical (unpaired) electrons. The first-order valence-corrected chi connectivity index (χ1v) is 13.6. The summed E-state index contributed by atoms with van der Waals surface area (Å²) in [6.07, 6.45) is 4.10. The molecule has 2 aromatic carbocycles. The SMILES string of the molecule is CC1(C)CCc2cc(NC(=O)C3c4ccc5c(c4CCN3C(=O)C3CC(CC(=O)O)C3)OCC5)cc(F)c21. The Morgan fingerprint density at radius 1 is 1.13 bits per heavy atom. The van der Waals surface area contributed by atoms with Crippen LogP contribution in [-0.2, 0) is 39.1 Å². The van der Waals surface area contributed by atoms with Gasteiger partial charge in [0.2, 0.25) is 5.91 Å². The van der Waals surface area contributed by atoms with Crippen molar-refractivity contribution in [1.29, 1.82) is 0 Å². The second kappa shape index (κ2) is 9.10. The van der Waals surface area contributed by atoms with E-state index in [4.69, 9.17) is 9.84 Å². The number of aryl methyl sites for hydroxylation is 1. The van der Waals surface area contributed by atoms with Crippen molar-refractivity contribution in [2.24, 2.45) is 11.8 Å². The van der Waals surface area contributed by atoms with Crippen LogP contribution in [0.4, 0.5) is 10.1 Å². The number of amides is 2. The number of halogens is 1. The molecule has 0 spiro atoms. The average Bonchev–Trinajstić information content (AvgIpc) is 3.44. The van der Waals surface area contributed by atoms with E-state index in [0.29, 0.717) is 43.7 Å². The number of ether oxygens (including phenoxy) is 1. The first-order valence-electron chi connectivity index (χ1n) is 13.6. The molecular formula is C30H33FN2O5. The zero-order chi connectivity index (χ0) is 26.8. The van der Waals surface area contributed by atoms with Gasteiger partial charge in [-0.3, -0.25) is 14.4 Å². The molecule has 200 valence electrons. The summed E-state index contributed by atoms with van der Waals surface area (Å²) in [6, 6.07) is 6.26. The molecule has 2 aromatic rings. The van der Waals surface area contributed by atoms with Crippen LogP contribution in [0.15, 0.2) is 24.3 Å². The number of hydrogen-bond acceptors (Lipinski definition) is 4. The summed E-state index contributed by atoms with van der Waals surface area (Å²) in [5.74, 6) is -1.16. The molecule has 0 saturated heterocycles. The van der Waals surface area contributed by atoms with Crippen LogP contribution in [0, 0.1) is 17.7 Å². The smallest absolute Gasteiger partial charge is 0.303 e. The topological polar surface area (TPSA) is 95.9 Å². The van der Waals surface area contributed by atoms with Crippen LogP contribution in [0.5, 0.6) is 5.75 Å². The van der Waals surface area contributed by atoms with Gasteiger partial charge in [0, 0.05) is 36.6 Å². The second-order valence-corrected chi connectivity index (χ2v) is 11.9. The minimum atomic E-state index is -0.868. The van der Waals surface area contributed by atoms with E-state index < -0.39 is 12.0 Å². The Morgan fingerprint density at radius 3 is 2.68 bits per heavy atom. The van der Waals surface area contributed by atoms with Crippen molar-refractivity contribution in [3.8, 4) is 5.75 Å². The van der Waals surface area contributed by atoms with Gasteiger partial charge in [-0.25, -0.2) is 4.39 Å². The van der Waals surface area contributed by atoms with E-state index in [-0.39, 0.29) is 41.3 Å². The van der Waals surface area contributed by atoms with Gasteiger partial charge in [0.05, 0.1) is 6.61 Å². The third kappa shape index (κ3) is 4.14. The molecule has 0 bridgehead atoms.